The standard InChI is InChI=1S/C17H17N5O2/c1-3-24-14-6-4-13(5-7-14)17(23)21-15-10-16(20-11-19-15)22-9-8-18-12(22)2/h4-11H,3H2,1-2H3,(H,19,20,21,23). The summed E-state index contributed by atoms with van der Waals surface area (Å²) in [6.45, 7) is 4.37. The summed E-state index contributed by atoms with van der Waals surface area (Å²) in [7, 11) is 0. The number of hydrogen-bond acceptors (Lipinski definition) is 5. The van der Waals surface area contributed by atoms with Crippen LogP contribution in [0.1, 0.15) is 23.1 Å². The lowest BCUT2D eigenvalue weighted by atomic mass is 10.2. The third-order valence-corrected chi connectivity index (χ3v) is 3.39. The van der Waals surface area contributed by atoms with E-state index in [0.29, 0.717) is 23.8 Å². The van der Waals surface area contributed by atoms with Gasteiger partial charge in [-0.1, -0.05) is 0 Å². The number of hydrogen-bond donors (Lipinski definition) is 1. The van der Waals surface area contributed by atoms with Crippen LogP contribution in [-0.2, 0) is 0 Å². The van der Waals surface area contributed by atoms with Crippen LogP contribution < -0.4 is 10.1 Å². The van der Waals surface area contributed by atoms with Crippen molar-refractivity contribution < 1.29 is 9.53 Å². The molecule has 1 amide bonds. The summed E-state index contributed by atoms with van der Waals surface area (Å²) in [5, 5.41) is 2.77. The van der Waals surface area contributed by atoms with Gasteiger partial charge in [-0.05, 0) is 38.1 Å². The Hall–Kier alpha value is -3.22. The van der Waals surface area contributed by atoms with Crippen molar-refractivity contribution in [3.63, 3.8) is 0 Å². The minimum Gasteiger partial charge on any atom is -0.494 e. The molecule has 7 heteroatoms. The Morgan fingerprint density at radius 2 is 2.00 bits per heavy atom. The number of nitrogens with zero attached hydrogens (tertiary/aromatic N) is 4. The van der Waals surface area contributed by atoms with Crippen molar-refractivity contribution in [1.82, 2.24) is 19.5 Å². The number of carbonyl (C=O) groups excluding carboxylic acids is 1. The molecule has 1 aromatic carbocycles. The molecule has 7 nitrogen and oxygen atoms in total. The van der Waals surface area contributed by atoms with E-state index < -0.39 is 0 Å². The second kappa shape index (κ2) is 6.91. The fourth-order valence-corrected chi connectivity index (χ4v) is 2.22. The molecule has 0 bridgehead atoms. The molecule has 122 valence electrons. The van der Waals surface area contributed by atoms with Gasteiger partial charge < -0.3 is 10.1 Å². The van der Waals surface area contributed by atoms with Crippen molar-refractivity contribution in [1.29, 1.82) is 0 Å². The Morgan fingerprint density at radius 1 is 1.21 bits per heavy atom. The molecule has 0 unspecified atom stereocenters. The number of aromatic nitrogens is 4. The van der Waals surface area contributed by atoms with E-state index in [1.54, 1.807) is 42.7 Å². The molecule has 0 saturated carbocycles. The number of ether oxygens (including phenoxy) is 1. The number of rotatable bonds is 5. The zero-order chi connectivity index (χ0) is 16.9. The third kappa shape index (κ3) is 3.40. The highest BCUT2D eigenvalue weighted by molar-refractivity contribution is 6.03. The van der Waals surface area contributed by atoms with Gasteiger partial charge in [0.2, 0.25) is 0 Å². The second-order valence-corrected chi connectivity index (χ2v) is 5.02. The monoisotopic (exact) mass is 323 g/mol. The van der Waals surface area contributed by atoms with Crippen molar-refractivity contribution in [3.8, 4) is 11.6 Å². The van der Waals surface area contributed by atoms with Gasteiger partial charge in [0, 0.05) is 24.0 Å². The maximum absolute atomic E-state index is 12.3. The molecule has 0 aliphatic rings. The van der Waals surface area contributed by atoms with Crippen LogP contribution >= 0.6 is 0 Å². The lowest BCUT2D eigenvalue weighted by Crippen LogP contribution is -2.13. The Labute approximate surface area is 139 Å². The normalized spacial score (nSPS) is 10.4. The Bertz CT molecular complexity index is 842. The molecule has 0 saturated heterocycles. The third-order valence-electron chi connectivity index (χ3n) is 3.39. The topological polar surface area (TPSA) is 81.9 Å². The predicted molar refractivity (Wildman–Crippen MR) is 89.5 cm³/mol. The minimum atomic E-state index is -0.245. The fraction of sp³-hybridized carbons (Fsp3) is 0.176. The number of imidazole rings is 1. The van der Waals surface area contributed by atoms with Crippen molar-refractivity contribution in [2.75, 3.05) is 11.9 Å². The highest BCUT2D eigenvalue weighted by Gasteiger charge is 2.09. The molecule has 0 aliphatic heterocycles. The van der Waals surface area contributed by atoms with E-state index in [2.05, 4.69) is 20.3 Å². The number of nitrogens with one attached hydrogen (secondary N) is 1. The number of carbonyl (C=O) groups is 1. The molecule has 1 N–H and O–H groups in total. The van der Waals surface area contributed by atoms with E-state index in [1.165, 1.54) is 6.33 Å². The fourth-order valence-electron chi connectivity index (χ4n) is 2.22. The molecule has 0 atom stereocenters. The van der Waals surface area contributed by atoms with Gasteiger partial charge in [0.05, 0.1) is 6.61 Å². The molecule has 2 heterocycles. The molecule has 0 aliphatic carbocycles. The molecule has 3 rings (SSSR count). The average molecular weight is 323 g/mol. The first kappa shape index (κ1) is 15.7. The summed E-state index contributed by atoms with van der Waals surface area (Å²) in [4.78, 5) is 24.8. The molecular formula is C17H17N5O2. The zero-order valence-corrected chi connectivity index (χ0v) is 13.4. The minimum absolute atomic E-state index is 0.245. The molecule has 3 aromatic rings. The Morgan fingerprint density at radius 3 is 2.67 bits per heavy atom. The largest absolute Gasteiger partial charge is 0.494 e. The first-order valence-corrected chi connectivity index (χ1v) is 7.54. The summed E-state index contributed by atoms with van der Waals surface area (Å²) in [5.41, 5.74) is 0.525. The van der Waals surface area contributed by atoms with Crippen LogP contribution in [0.25, 0.3) is 5.82 Å². The predicted octanol–water partition coefficient (Wildman–Crippen LogP) is 2.62. The number of benzene rings is 1. The van der Waals surface area contributed by atoms with Gasteiger partial charge in [-0.2, -0.15) is 0 Å². The van der Waals surface area contributed by atoms with E-state index >= 15 is 0 Å². The van der Waals surface area contributed by atoms with Crippen LogP contribution in [0.4, 0.5) is 5.82 Å². The molecular weight excluding hydrogens is 306 g/mol. The summed E-state index contributed by atoms with van der Waals surface area (Å²) in [6.07, 6.45) is 4.90. The second-order valence-electron chi connectivity index (χ2n) is 5.02. The van der Waals surface area contributed by atoms with Crippen molar-refractivity contribution in [2.24, 2.45) is 0 Å². The lowest BCUT2D eigenvalue weighted by Gasteiger charge is -2.08. The smallest absolute Gasteiger partial charge is 0.256 e. The van der Waals surface area contributed by atoms with E-state index in [0.717, 1.165) is 11.6 Å². The molecule has 2 aromatic heterocycles. The van der Waals surface area contributed by atoms with Gasteiger partial charge in [0.1, 0.15) is 29.5 Å². The molecule has 24 heavy (non-hydrogen) atoms. The van der Waals surface area contributed by atoms with E-state index in [9.17, 15) is 4.79 Å². The van der Waals surface area contributed by atoms with Gasteiger partial charge in [0.15, 0.2) is 0 Å². The summed E-state index contributed by atoms with van der Waals surface area (Å²) >= 11 is 0. The SMILES string of the molecule is CCOc1ccc(C(=O)Nc2cc(-n3ccnc3C)ncn2)cc1. The van der Waals surface area contributed by atoms with Crippen LogP contribution in [0.15, 0.2) is 49.1 Å². The van der Waals surface area contributed by atoms with Crippen LogP contribution in [0, 0.1) is 6.92 Å². The Kier molecular flexibility index (Phi) is 4.51. The summed E-state index contributed by atoms with van der Waals surface area (Å²) in [6, 6.07) is 8.64. The molecule has 0 spiro atoms. The van der Waals surface area contributed by atoms with Crippen molar-refractivity contribution in [3.05, 3.63) is 60.4 Å². The van der Waals surface area contributed by atoms with Crippen LogP contribution in [0.2, 0.25) is 0 Å². The number of anilines is 1. The summed E-state index contributed by atoms with van der Waals surface area (Å²) in [5.74, 6) is 2.35. The van der Waals surface area contributed by atoms with Crippen LogP contribution in [0.5, 0.6) is 5.75 Å². The average Bonchev–Trinajstić information content (AvgIpc) is 3.02. The van der Waals surface area contributed by atoms with Gasteiger partial charge in [0.25, 0.3) is 5.91 Å². The maximum atomic E-state index is 12.3. The first-order valence-electron chi connectivity index (χ1n) is 7.54. The van der Waals surface area contributed by atoms with Gasteiger partial charge in [-0.15, -0.1) is 0 Å². The highest BCUT2D eigenvalue weighted by Crippen LogP contribution is 2.15. The van der Waals surface area contributed by atoms with Gasteiger partial charge in [-0.25, -0.2) is 15.0 Å². The molecule has 0 fully saturated rings. The Balaban J connectivity index is 1.76. The first-order chi connectivity index (χ1) is 11.7. The van der Waals surface area contributed by atoms with Crippen LogP contribution in [0.3, 0.4) is 0 Å². The van der Waals surface area contributed by atoms with E-state index in [-0.39, 0.29) is 5.91 Å². The number of amides is 1. The maximum Gasteiger partial charge on any atom is 0.256 e. The quantitative estimate of drug-likeness (QED) is 0.780. The molecule has 0 radical (unpaired) electrons. The van der Waals surface area contributed by atoms with E-state index in [4.69, 9.17) is 4.74 Å². The van der Waals surface area contributed by atoms with Crippen molar-refractivity contribution >= 4 is 11.7 Å². The van der Waals surface area contributed by atoms with Gasteiger partial charge >= 0.3 is 0 Å². The van der Waals surface area contributed by atoms with Crippen LogP contribution in [-0.4, -0.2) is 32.0 Å². The summed E-state index contributed by atoms with van der Waals surface area (Å²) < 4.78 is 7.18. The van der Waals surface area contributed by atoms with Gasteiger partial charge in [-0.3, -0.25) is 9.36 Å². The van der Waals surface area contributed by atoms with E-state index in [1.807, 2.05) is 18.4 Å². The zero-order valence-electron chi connectivity index (χ0n) is 13.4. The lowest BCUT2D eigenvalue weighted by molar-refractivity contribution is 0.102. The number of aryl methyl sites for hydroxylation is 1. The highest BCUT2D eigenvalue weighted by atomic mass is 16.5. The van der Waals surface area contributed by atoms with Crippen molar-refractivity contribution in [2.45, 2.75) is 13.8 Å².